The van der Waals surface area contributed by atoms with Crippen LogP contribution in [0.3, 0.4) is 0 Å². The lowest BCUT2D eigenvalue weighted by Gasteiger charge is -2.22. The molecule has 1 aliphatic heterocycles. The Morgan fingerprint density at radius 1 is 1.50 bits per heavy atom. The standard InChI is InChI=1S/C11H19NO4/c1-11(2,3)16-10(14)12-7-4-6(5-13)8-9(7)15-8/h6-9,13H,4-5H2,1-3H3,(H,12,14)/t6-,7-,8-,9+/m1/s1. The smallest absolute Gasteiger partial charge is 0.407 e. The van der Waals surface area contributed by atoms with Crippen LogP contribution < -0.4 is 5.32 Å². The molecule has 0 bridgehead atoms. The molecule has 1 heterocycles. The second kappa shape index (κ2) is 3.89. The van der Waals surface area contributed by atoms with E-state index < -0.39 is 11.7 Å². The van der Waals surface area contributed by atoms with Gasteiger partial charge >= 0.3 is 6.09 Å². The SMILES string of the molecule is CC(C)(C)OC(=O)N[C@@H]1C[C@H](CO)[C@H]2O[C@H]21. The Morgan fingerprint density at radius 2 is 2.19 bits per heavy atom. The lowest BCUT2D eigenvalue weighted by Crippen LogP contribution is -2.41. The van der Waals surface area contributed by atoms with Gasteiger partial charge in [-0.1, -0.05) is 0 Å². The van der Waals surface area contributed by atoms with Crippen LogP contribution in [0, 0.1) is 5.92 Å². The predicted octanol–water partition coefficient (Wildman–Crippen LogP) is 0.659. The molecule has 1 saturated carbocycles. The van der Waals surface area contributed by atoms with E-state index in [0.29, 0.717) is 0 Å². The van der Waals surface area contributed by atoms with Crippen molar-refractivity contribution in [3.63, 3.8) is 0 Å². The number of aliphatic hydroxyl groups excluding tert-OH is 1. The van der Waals surface area contributed by atoms with Gasteiger partial charge in [0, 0.05) is 12.5 Å². The molecule has 1 saturated heterocycles. The number of nitrogens with one attached hydrogen (secondary N) is 1. The van der Waals surface area contributed by atoms with Crippen molar-refractivity contribution in [1.29, 1.82) is 0 Å². The fourth-order valence-electron chi connectivity index (χ4n) is 2.21. The molecule has 0 spiro atoms. The second-order valence-corrected chi connectivity index (χ2v) is 5.50. The first kappa shape index (κ1) is 11.7. The van der Waals surface area contributed by atoms with Crippen molar-refractivity contribution in [3.8, 4) is 0 Å². The summed E-state index contributed by atoms with van der Waals surface area (Å²) in [6.07, 6.45) is 0.561. The predicted molar refractivity (Wildman–Crippen MR) is 57.0 cm³/mol. The molecule has 16 heavy (non-hydrogen) atoms. The van der Waals surface area contributed by atoms with E-state index in [4.69, 9.17) is 14.6 Å². The van der Waals surface area contributed by atoms with Gasteiger partial charge in [0.05, 0.1) is 12.1 Å². The number of rotatable bonds is 2. The number of amides is 1. The van der Waals surface area contributed by atoms with Crippen LogP contribution in [0.25, 0.3) is 0 Å². The van der Waals surface area contributed by atoms with E-state index in [1.54, 1.807) is 0 Å². The molecule has 5 nitrogen and oxygen atoms in total. The Balaban J connectivity index is 1.81. The van der Waals surface area contributed by atoms with Crippen molar-refractivity contribution in [2.45, 2.75) is 51.0 Å². The van der Waals surface area contributed by atoms with Crippen LogP contribution in [0.5, 0.6) is 0 Å². The molecule has 0 unspecified atom stereocenters. The maximum Gasteiger partial charge on any atom is 0.407 e. The van der Waals surface area contributed by atoms with E-state index in [-0.39, 0.29) is 30.8 Å². The zero-order valence-electron chi connectivity index (χ0n) is 9.90. The second-order valence-electron chi connectivity index (χ2n) is 5.50. The minimum atomic E-state index is -0.483. The highest BCUT2D eigenvalue weighted by Gasteiger charge is 2.56. The average Bonchev–Trinajstić information content (AvgIpc) is 2.83. The van der Waals surface area contributed by atoms with Crippen LogP contribution in [0.4, 0.5) is 4.79 Å². The summed E-state index contributed by atoms with van der Waals surface area (Å²) in [7, 11) is 0. The van der Waals surface area contributed by atoms with Crippen molar-refractivity contribution >= 4 is 6.09 Å². The third-order valence-electron chi connectivity index (χ3n) is 2.92. The molecule has 2 rings (SSSR count). The number of fused-ring (bicyclic) bond motifs is 1. The fourth-order valence-corrected chi connectivity index (χ4v) is 2.21. The lowest BCUT2D eigenvalue weighted by molar-refractivity contribution is 0.0478. The van der Waals surface area contributed by atoms with Crippen molar-refractivity contribution < 1.29 is 19.4 Å². The molecule has 2 fully saturated rings. The Bertz CT molecular complexity index is 286. The van der Waals surface area contributed by atoms with E-state index in [0.717, 1.165) is 6.42 Å². The molecule has 0 aromatic rings. The molecule has 0 aromatic carbocycles. The van der Waals surface area contributed by atoms with Gasteiger partial charge in [-0.05, 0) is 27.2 Å². The normalized spacial score (nSPS) is 36.8. The highest BCUT2D eigenvalue weighted by Crippen LogP contribution is 2.42. The van der Waals surface area contributed by atoms with Crippen molar-refractivity contribution in [1.82, 2.24) is 5.32 Å². The fraction of sp³-hybridized carbons (Fsp3) is 0.909. The first-order valence-electron chi connectivity index (χ1n) is 5.66. The third kappa shape index (κ3) is 2.47. The molecular formula is C11H19NO4. The minimum Gasteiger partial charge on any atom is -0.444 e. The summed E-state index contributed by atoms with van der Waals surface area (Å²) < 4.78 is 10.5. The maximum absolute atomic E-state index is 11.5. The number of carbonyl (C=O) groups is 1. The van der Waals surface area contributed by atoms with Crippen LogP contribution in [0.2, 0.25) is 0 Å². The molecule has 5 heteroatoms. The maximum atomic E-state index is 11.5. The summed E-state index contributed by atoms with van der Waals surface area (Å²) >= 11 is 0. The summed E-state index contributed by atoms with van der Waals surface area (Å²) in [5, 5.41) is 11.9. The molecule has 0 radical (unpaired) electrons. The van der Waals surface area contributed by atoms with Crippen molar-refractivity contribution in [2.24, 2.45) is 5.92 Å². The van der Waals surface area contributed by atoms with Gasteiger partial charge in [-0.25, -0.2) is 4.79 Å². The van der Waals surface area contributed by atoms with Gasteiger partial charge in [-0.3, -0.25) is 0 Å². The van der Waals surface area contributed by atoms with Crippen molar-refractivity contribution in [2.75, 3.05) is 6.61 Å². The van der Waals surface area contributed by atoms with Gasteiger partial charge < -0.3 is 19.9 Å². The molecule has 0 aromatic heterocycles. The number of aliphatic hydroxyl groups is 1. The number of epoxide rings is 1. The Kier molecular flexibility index (Phi) is 2.84. The summed E-state index contributed by atoms with van der Waals surface area (Å²) in [6, 6.07) is -0.0167. The highest BCUT2D eigenvalue weighted by molar-refractivity contribution is 5.68. The molecule has 92 valence electrons. The number of hydrogen-bond acceptors (Lipinski definition) is 4. The molecule has 2 N–H and O–H groups in total. The van der Waals surface area contributed by atoms with E-state index in [1.807, 2.05) is 20.8 Å². The van der Waals surface area contributed by atoms with Crippen LogP contribution >= 0.6 is 0 Å². The van der Waals surface area contributed by atoms with Crippen LogP contribution in [0.15, 0.2) is 0 Å². The van der Waals surface area contributed by atoms with Gasteiger partial charge in [0.15, 0.2) is 0 Å². The zero-order valence-corrected chi connectivity index (χ0v) is 9.90. The average molecular weight is 229 g/mol. The summed E-state index contributed by atoms with van der Waals surface area (Å²) in [5.74, 6) is 0.157. The van der Waals surface area contributed by atoms with Gasteiger partial charge in [0.1, 0.15) is 11.7 Å². The van der Waals surface area contributed by atoms with Gasteiger partial charge in [-0.15, -0.1) is 0 Å². The Morgan fingerprint density at radius 3 is 2.69 bits per heavy atom. The molecular weight excluding hydrogens is 210 g/mol. The largest absolute Gasteiger partial charge is 0.444 e. The highest BCUT2D eigenvalue weighted by atomic mass is 16.6. The number of hydrogen-bond donors (Lipinski definition) is 2. The summed E-state index contributed by atoms with van der Waals surface area (Å²) in [5.41, 5.74) is -0.483. The Labute approximate surface area is 95.1 Å². The van der Waals surface area contributed by atoms with Gasteiger partial charge in [-0.2, -0.15) is 0 Å². The lowest BCUT2D eigenvalue weighted by atomic mass is 10.1. The zero-order chi connectivity index (χ0) is 11.9. The van der Waals surface area contributed by atoms with E-state index >= 15 is 0 Å². The molecule has 4 atom stereocenters. The van der Waals surface area contributed by atoms with E-state index in [9.17, 15) is 4.79 Å². The summed E-state index contributed by atoms with van der Waals surface area (Å²) in [6.45, 7) is 5.60. The number of alkyl carbamates (subject to hydrolysis) is 1. The van der Waals surface area contributed by atoms with Crippen LogP contribution in [0.1, 0.15) is 27.2 Å². The van der Waals surface area contributed by atoms with Gasteiger partial charge in [0.25, 0.3) is 0 Å². The monoisotopic (exact) mass is 229 g/mol. The number of carbonyl (C=O) groups excluding carboxylic acids is 1. The molecule has 1 aliphatic carbocycles. The molecule has 2 aliphatic rings. The first-order valence-corrected chi connectivity index (χ1v) is 5.66. The quantitative estimate of drug-likeness (QED) is 0.682. The van der Waals surface area contributed by atoms with E-state index in [1.165, 1.54) is 0 Å². The van der Waals surface area contributed by atoms with E-state index in [2.05, 4.69) is 5.32 Å². The Hall–Kier alpha value is -0.810. The topological polar surface area (TPSA) is 71.1 Å². The third-order valence-corrected chi connectivity index (χ3v) is 2.92. The van der Waals surface area contributed by atoms with Crippen molar-refractivity contribution in [3.05, 3.63) is 0 Å². The molecule has 1 amide bonds. The minimum absolute atomic E-state index is 0.0167. The first-order chi connectivity index (χ1) is 7.40. The van der Waals surface area contributed by atoms with Crippen LogP contribution in [-0.4, -0.2) is 41.7 Å². The van der Waals surface area contributed by atoms with Crippen LogP contribution in [-0.2, 0) is 9.47 Å². The van der Waals surface area contributed by atoms with Gasteiger partial charge in [0.2, 0.25) is 0 Å². The number of ether oxygens (including phenoxy) is 2. The summed E-state index contributed by atoms with van der Waals surface area (Å²) in [4.78, 5) is 11.5.